The zero-order chi connectivity index (χ0) is 9.97. The summed E-state index contributed by atoms with van der Waals surface area (Å²) in [4.78, 5) is 13.2. The first-order valence-corrected chi connectivity index (χ1v) is 5.80. The molecule has 2 fully saturated rings. The Morgan fingerprint density at radius 3 is 2.71 bits per heavy atom. The van der Waals surface area contributed by atoms with Crippen molar-refractivity contribution < 1.29 is 4.79 Å². The molecule has 2 unspecified atom stereocenters. The number of carbonyl (C=O) groups excluding carboxylic acids is 1. The highest BCUT2D eigenvalue weighted by atomic mass is 16.1. The Labute approximate surface area is 85.6 Å². The predicted molar refractivity (Wildman–Crippen MR) is 55.7 cm³/mol. The van der Waals surface area contributed by atoms with Gasteiger partial charge in [-0.3, -0.25) is 9.69 Å². The molecule has 2 rings (SSSR count). The van der Waals surface area contributed by atoms with E-state index < -0.39 is 0 Å². The van der Waals surface area contributed by atoms with Crippen molar-refractivity contribution in [3.63, 3.8) is 0 Å². The van der Waals surface area contributed by atoms with Crippen LogP contribution in [-0.4, -0.2) is 29.9 Å². The maximum Gasteiger partial charge on any atom is 0.231 e. The number of likely N-dealkylation sites (tertiary alicyclic amines) is 1. The Balaban J connectivity index is 1.97. The molecular formula is C11H20N2O. The molecule has 0 spiro atoms. The molecule has 2 atom stereocenters. The monoisotopic (exact) mass is 196 g/mol. The molecule has 80 valence electrons. The van der Waals surface area contributed by atoms with Crippen LogP contribution in [0, 0.1) is 5.92 Å². The Morgan fingerprint density at radius 2 is 1.93 bits per heavy atom. The van der Waals surface area contributed by atoms with Crippen molar-refractivity contribution in [2.24, 2.45) is 11.7 Å². The second-order valence-electron chi connectivity index (χ2n) is 4.69. The summed E-state index contributed by atoms with van der Waals surface area (Å²) in [5.41, 5.74) is 5.26. The standard InChI is InChI=1S/C11H20N2O/c12-11(14)8-13-7-3-5-9-4-1-2-6-10(9)13/h9-10H,1-8H2,(H2,12,14). The van der Waals surface area contributed by atoms with Gasteiger partial charge in [0.2, 0.25) is 5.91 Å². The lowest BCUT2D eigenvalue weighted by Gasteiger charge is -2.43. The first-order valence-electron chi connectivity index (χ1n) is 5.80. The minimum Gasteiger partial charge on any atom is -0.369 e. The molecule has 0 aromatic heterocycles. The van der Waals surface area contributed by atoms with Crippen LogP contribution >= 0.6 is 0 Å². The quantitative estimate of drug-likeness (QED) is 0.719. The third-order valence-electron chi connectivity index (χ3n) is 3.72. The fraction of sp³-hybridized carbons (Fsp3) is 0.909. The van der Waals surface area contributed by atoms with Crippen molar-refractivity contribution in [1.29, 1.82) is 0 Å². The smallest absolute Gasteiger partial charge is 0.231 e. The third kappa shape index (κ3) is 2.08. The van der Waals surface area contributed by atoms with Gasteiger partial charge in [0, 0.05) is 6.04 Å². The molecule has 1 saturated heterocycles. The summed E-state index contributed by atoms with van der Waals surface area (Å²) >= 11 is 0. The normalized spacial score (nSPS) is 33.7. The van der Waals surface area contributed by atoms with Crippen molar-refractivity contribution >= 4 is 5.91 Å². The predicted octanol–water partition coefficient (Wildman–Crippen LogP) is 1.13. The SMILES string of the molecule is NC(=O)CN1CCCC2CCCCC21. The van der Waals surface area contributed by atoms with Gasteiger partial charge in [-0.25, -0.2) is 0 Å². The first kappa shape index (κ1) is 9.97. The lowest BCUT2D eigenvalue weighted by molar-refractivity contribution is -0.120. The van der Waals surface area contributed by atoms with Gasteiger partial charge in [-0.2, -0.15) is 0 Å². The zero-order valence-electron chi connectivity index (χ0n) is 8.74. The number of fused-ring (bicyclic) bond motifs is 1. The summed E-state index contributed by atoms with van der Waals surface area (Å²) < 4.78 is 0. The second-order valence-corrected chi connectivity index (χ2v) is 4.69. The van der Waals surface area contributed by atoms with Crippen LogP contribution in [-0.2, 0) is 4.79 Å². The van der Waals surface area contributed by atoms with E-state index >= 15 is 0 Å². The largest absolute Gasteiger partial charge is 0.369 e. The van der Waals surface area contributed by atoms with Crippen molar-refractivity contribution in [3.05, 3.63) is 0 Å². The highest BCUT2D eigenvalue weighted by Crippen LogP contribution is 2.34. The summed E-state index contributed by atoms with van der Waals surface area (Å²) in [7, 11) is 0. The average Bonchev–Trinajstić information content (AvgIpc) is 2.18. The number of nitrogens with zero attached hydrogens (tertiary/aromatic N) is 1. The van der Waals surface area contributed by atoms with Crippen LogP contribution in [0.15, 0.2) is 0 Å². The van der Waals surface area contributed by atoms with E-state index in [1.807, 2.05) is 0 Å². The Hall–Kier alpha value is -0.570. The highest BCUT2D eigenvalue weighted by Gasteiger charge is 2.33. The van der Waals surface area contributed by atoms with Crippen LogP contribution in [0.4, 0.5) is 0 Å². The summed E-state index contributed by atoms with van der Waals surface area (Å²) in [6.45, 7) is 1.55. The maximum absolute atomic E-state index is 10.9. The average molecular weight is 196 g/mol. The Bertz CT molecular complexity index is 215. The molecule has 0 bridgehead atoms. The number of primary amides is 1. The van der Waals surface area contributed by atoms with Gasteiger partial charge in [-0.05, 0) is 38.1 Å². The van der Waals surface area contributed by atoms with E-state index in [9.17, 15) is 4.79 Å². The molecule has 0 aromatic carbocycles. The Kier molecular flexibility index (Phi) is 3.06. The van der Waals surface area contributed by atoms with Gasteiger partial charge < -0.3 is 5.73 Å². The second kappa shape index (κ2) is 4.30. The van der Waals surface area contributed by atoms with E-state index in [0.29, 0.717) is 12.6 Å². The molecule has 2 aliphatic rings. The lowest BCUT2D eigenvalue weighted by Crippen LogP contribution is -2.49. The van der Waals surface area contributed by atoms with E-state index in [1.165, 1.54) is 38.5 Å². The summed E-state index contributed by atoms with van der Waals surface area (Å²) in [5, 5.41) is 0. The van der Waals surface area contributed by atoms with Gasteiger partial charge >= 0.3 is 0 Å². The van der Waals surface area contributed by atoms with Gasteiger partial charge in [-0.1, -0.05) is 12.8 Å². The molecule has 0 aromatic rings. The molecular weight excluding hydrogens is 176 g/mol. The third-order valence-corrected chi connectivity index (χ3v) is 3.72. The number of rotatable bonds is 2. The summed E-state index contributed by atoms with van der Waals surface area (Å²) in [5.74, 6) is 0.674. The number of piperidine rings is 1. The number of amides is 1. The van der Waals surface area contributed by atoms with E-state index in [0.717, 1.165) is 12.5 Å². The molecule has 1 saturated carbocycles. The van der Waals surface area contributed by atoms with Gasteiger partial charge in [0.15, 0.2) is 0 Å². The molecule has 1 heterocycles. The molecule has 3 nitrogen and oxygen atoms in total. The topological polar surface area (TPSA) is 46.3 Å². The summed E-state index contributed by atoms with van der Waals surface area (Å²) in [6.07, 6.45) is 7.95. The van der Waals surface area contributed by atoms with Crippen molar-refractivity contribution in [3.8, 4) is 0 Å². The molecule has 1 amide bonds. The fourth-order valence-corrected chi connectivity index (χ4v) is 3.12. The molecule has 3 heteroatoms. The van der Waals surface area contributed by atoms with Crippen molar-refractivity contribution in [2.45, 2.75) is 44.6 Å². The molecule has 1 aliphatic carbocycles. The van der Waals surface area contributed by atoms with E-state index in [2.05, 4.69) is 4.90 Å². The number of nitrogens with two attached hydrogens (primary N) is 1. The van der Waals surface area contributed by atoms with E-state index in [4.69, 9.17) is 5.73 Å². The van der Waals surface area contributed by atoms with E-state index in [1.54, 1.807) is 0 Å². The van der Waals surface area contributed by atoms with Crippen molar-refractivity contribution in [2.75, 3.05) is 13.1 Å². The van der Waals surface area contributed by atoms with Crippen LogP contribution in [0.5, 0.6) is 0 Å². The fourth-order valence-electron chi connectivity index (χ4n) is 3.12. The van der Waals surface area contributed by atoms with Crippen LogP contribution in [0.3, 0.4) is 0 Å². The van der Waals surface area contributed by atoms with Crippen LogP contribution in [0.2, 0.25) is 0 Å². The van der Waals surface area contributed by atoms with Gasteiger partial charge in [0.05, 0.1) is 6.54 Å². The lowest BCUT2D eigenvalue weighted by atomic mass is 9.78. The number of hydrogen-bond acceptors (Lipinski definition) is 2. The van der Waals surface area contributed by atoms with Crippen LogP contribution in [0.1, 0.15) is 38.5 Å². The first-order chi connectivity index (χ1) is 6.77. The zero-order valence-corrected chi connectivity index (χ0v) is 8.74. The van der Waals surface area contributed by atoms with Crippen LogP contribution < -0.4 is 5.73 Å². The van der Waals surface area contributed by atoms with Crippen molar-refractivity contribution in [1.82, 2.24) is 4.90 Å². The van der Waals surface area contributed by atoms with Gasteiger partial charge in [0.25, 0.3) is 0 Å². The van der Waals surface area contributed by atoms with Gasteiger partial charge in [0.1, 0.15) is 0 Å². The van der Waals surface area contributed by atoms with E-state index in [-0.39, 0.29) is 5.91 Å². The minimum atomic E-state index is -0.170. The minimum absolute atomic E-state index is 0.170. The van der Waals surface area contributed by atoms with Crippen LogP contribution in [0.25, 0.3) is 0 Å². The Morgan fingerprint density at radius 1 is 1.21 bits per heavy atom. The molecule has 14 heavy (non-hydrogen) atoms. The maximum atomic E-state index is 10.9. The molecule has 1 aliphatic heterocycles. The highest BCUT2D eigenvalue weighted by molar-refractivity contribution is 5.76. The summed E-state index contributed by atoms with van der Waals surface area (Å²) in [6, 6.07) is 0.657. The number of hydrogen-bond donors (Lipinski definition) is 1. The molecule has 2 N–H and O–H groups in total. The van der Waals surface area contributed by atoms with Gasteiger partial charge in [-0.15, -0.1) is 0 Å². The number of carbonyl (C=O) groups is 1. The molecule has 0 radical (unpaired) electrons.